The molecule has 1 saturated carbocycles. The molecule has 1 aliphatic rings. The van der Waals surface area contributed by atoms with Crippen LogP contribution >= 0.6 is 15.9 Å². The zero-order valence-electron chi connectivity index (χ0n) is 13.9. The van der Waals surface area contributed by atoms with Crippen LogP contribution in [0.25, 0.3) is 0 Å². The maximum absolute atomic E-state index is 4.69. The van der Waals surface area contributed by atoms with E-state index in [4.69, 9.17) is 4.98 Å². The number of hydrogen-bond acceptors (Lipinski definition) is 4. The van der Waals surface area contributed by atoms with Crippen LogP contribution in [0.2, 0.25) is 0 Å². The van der Waals surface area contributed by atoms with Crippen LogP contribution in [0.3, 0.4) is 0 Å². The minimum Gasteiger partial charge on any atom is -0.352 e. The Morgan fingerprint density at radius 2 is 2.04 bits per heavy atom. The van der Waals surface area contributed by atoms with Gasteiger partial charge in [-0.2, -0.15) is 4.98 Å². The van der Waals surface area contributed by atoms with Gasteiger partial charge in [0.1, 0.15) is 5.82 Å². The van der Waals surface area contributed by atoms with Gasteiger partial charge in [0.2, 0.25) is 5.95 Å². The fourth-order valence-electron chi connectivity index (χ4n) is 2.41. The van der Waals surface area contributed by atoms with Crippen LogP contribution in [0.1, 0.15) is 50.3 Å². The van der Waals surface area contributed by atoms with Crippen molar-refractivity contribution < 1.29 is 0 Å². The quantitative estimate of drug-likeness (QED) is 0.712. The molecule has 0 saturated heterocycles. The lowest BCUT2D eigenvalue weighted by Gasteiger charge is -2.15. The van der Waals surface area contributed by atoms with Gasteiger partial charge in [-0.1, -0.05) is 22.9 Å². The lowest BCUT2D eigenvalue weighted by atomic mass is 10.2. The molecule has 1 aliphatic carbocycles. The van der Waals surface area contributed by atoms with Gasteiger partial charge in [-0.3, -0.25) is 0 Å². The molecule has 5 heteroatoms. The second-order valence-corrected chi connectivity index (χ2v) is 7.23. The van der Waals surface area contributed by atoms with Gasteiger partial charge in [-0.25, -0.2) is 4.98 Å². The van der Waals surface area contributed by atoms with E-state index in [-0.39, 0.29) is 0 Å². The molecule has 0 radical (unpaired) electrons. The number of halogens is 1. The first-order valence-corrected chi connectivity index (χ1v) is 9.03. The van der Waals surface area contributed by atoms with E-state index in [1.165, 1.54) is 18.4 Å². The average Bonchev–Trinajstić information content (AvgIpc) is 3.34. The molecule has 2 aromatic rings. The summed E-state index contributed by atoms with van der Waals surface area (Å²) in [5.41, 5.74) is 3.40. The lowest BCUT2D eigenvalue weighted by Crippen LogP contribution is -2.16. The van der Waals surface area contributed by atoms with Gasteiger partial charge in [0, 0.05) is 28.2 Å². The summed E-state index contributed by atoms with van der Waals surface area (Å²) in [6.45, 7) is 6.40. The van der Waals surface area contributed by atoms with Crippen LogP contribution < -0.4 is 10.6 Å². The van der Waals surface area contributed by atoms with Crippen LogP contribution in [0.15, 0.2) is 28.7 Å². The summed E-state index contributed by atoms with van der Waals surface area (Å²) in [5.74, 6) is 2.18. The number of rotatable bonds is 6. The molecule has 1 fully saturated rings. The number of aryl methyl sites for hydroxylation is 1. The second-order valence-electron chi connectivity index (χ2n) is 6.31. The van der Waals surface area contributed by atoms with Crippen molar-refractivity contribution in [3.8, 4) is 0 Å². The molecule has 23 heavy (non-hydrogen) atoms. The standard InChI is InChI=1S/C18H23BrN4/c1-4-12(3)20-18-22-16(13-5-6-13)10-17(23-18)21-15-8-7-14(19)9-11(15)2/h7-10,12-13H,4-6H2,1-3H3,(H2,20,21,22,23)/t12-/m1/s1. The minimum atomic E-state index is 0.367. The molecule has 4 nitrogen and oxygen atoms in total. The molecule has 0 aliphatic heterocycles. The maximum atomic E-state index is 4.69. The maximum Gasteiger partial charge on any atom is 0.225 e. The van der Waals surface area contributed by atoms with Crippen molar-refractivity contribution >= 4 is 33.4 Å². The number of benzene rings is 1. The van der Waals surface area contributed by atoms with Crippen LogP contribution in [0.4, 0.5) is 17.5 Å². The van der Waals surface area contributed by atoms with E-state index in [9.17, 15) is 0 Å². The van der Waals surface area contributed by atoms with Crippen molar-refractivity contribution in [1.29, 1.82) is 0 Å². The lowest BCUT2D eigenvalue weighted by molar-refractivity contribution is 0.750. The molecule has 3 rings (SSSR count). The number of anilines is 3. The van der Waals surface area contributed by atoms with Crippen molar-refractivity contribution in [2.45, 2.75) is 52.0 Å². The molecule has 1 atom stereocenters. The first-order valence-electron chi connectivity index (χ1n) is 8.24. The fourth-order valence-corrected chi connectivity index (χ4v) is 2.89. The summed E-state index contributed by atoms with van der Waals surface area (Å²) in [6, 6.07) is 8.66. The molecule has 122 valence electrons. The van der Waals surface area contributed by atoms with Gasteiger partial charge in [0.25, 0.3) is 0 Å². The van der Waals surface area contributed by atoms with E-state index in [0.717, 1.165) is 34.0 Å². The molecular formula is C18H23BrN4. The van der Waals surface area contributed by atoms with E-state index in [1.54, 1.807) is 0 Å². The fraction of sp³-hybridized carbons (Fsp3) is 0.444. The first kappa shape index (κ1) is 16.2. The number of nitrogens with zero attached hydrogens (tertiary/aromatic N) is 2. The topological polar surface area (TPSA) is 49.8 Å². The molecule has 0 bridgehead atoms. The summed E-state index contributed by atoms with van der Waals surface area (Å²) >= 11 is 3.50. The molecule has 1 heterocycles. The van der Waals surface area contributed by atoms with Crippen LogP contribution in [0.5, 0.6) is 0 Å². The van der Waals surface area contributed by atoms with E-state index in [1.807, 2.05) is 6.07 Å². The van der Waals surface area contributed by atoms with Crippen molar-refractivity contribution in [3.63, 3.8) is 0 Å². The van der Waals surface area contributed by atoms with E-state index in [0.29, 0.717) is 12.0 Å². The van der Waals surface area contributed by atoms with Gasteiger partial charge in [0.05, 0.1) is 5.69 Å². The highest BCUT2D eigenvalue weighted by atomic mass is 79.9. The van der Waals surface area contributed by atoms with Crippen LogP contribution in [0, 0.1) is 6.92 Å². The molecule has 0 unspecified atom stereocenters. The monoisotopic (exact) mass is 374 g/mol. The van der Waals surface area contributed by atoms with Crippen molar-refractivity contribution in [3.05, 3.63) is 40.0 Å². The van der Waals surface area contributed by atoms with Gasteiger partial charge < -0.3 is 10.6 Å². The Labute approximate surface area is 146 Å². The van der Waals surface area contributed by atoms with E-state index >= 15 is 0 Å². The molecule has 1 aromatic carbocycles. The van der Waals surface area contributed by atoms with E-state index in [2.05, 4.69) is 70.5 Å². The Bertz CT molecular complexity index is 697. The number of aromatic nitrogens is 2. The van der Waals surface area contributed by atoms with Gasteiger partial charge in [0.15, 0.2) is 0 Å². The normalized spacial score (nSPS) is 15.3. The SMILES string of the molecule is CC[C@@H](C)Nc1nc(Nc2ccc(Br)cc2C)cc(C2CC2)n1. The molecule has 1 aromatic heterocycles. The Morgan fingerprint density at radius 1 is 1.26 bits per heavy atom. The number of nitrogens with one attached hydrogen (secondary N) is 2. The summed E-state index contributed by atoms with van der Waals surface area (Å²) in [6.07, 6.45) is 3.51. The molecule has 0 amide bonds. The third-order valence-corrected chi connectivity index (χ3v) is 4.67. The average molecular weight is 375 g/mol. The Kier molecular flexibility index (Phi) is 4.85. The first-order chi connectivity index (χ1) is 11.0. The van der Waals surface area contributed by atoms with Gasteiger partial charge in [-0.15, -0.1) is 0 Å². The van der Waals surface area contributed by atoms with Crippen molar-refractivity contribution in [2.24, 2.45) is 0 Å². The third kappa shape index (κ3) is 4.22. The summed E-state index contributed by atoms with van der Waals surface area (Å²) < 4.78 is 1.08. The van der Waals surface area contributed by atoms with Crippen molar-refractivity contribution in [2.75, 3.05) is 10.6 Å². The van der Waals surface area contributed by atoms with Crippen LogP contribution in [-0.2, 0) is 0 Å². The van der Waals surface area contributed by atoms with Crippen LogP contribution in [-0.4, -0.2) is 16.0 Å². The van der Waals surface area contributed by atoms with Gasteiger partial charge >= 0.3 is 0 Å². The molecular weight excluding hydrogens is 352 g/mol. The highest BCUT2D eigenvalue weighted by Crippen LogP contribution is 2.40. The highest BCUT2D eigenvalue weighted by Gasteiger charge is 2.26. The highest BCUT2D eigenvalue weighted by molar-refractivity contribution is 9.10. The smallest absolute Gasteiger partial charge is 0.225 e. The zero-order chi connectivity index (χ0) is 16.4. The predicted octanol–water partition coefficient (Wildman–Crippen LogP) is 5.38. The summed E-state index contributed by atoms with van der Waals surface area (Å²) in [5, 5.41) is 6.84. The van der Waals surface area contributed by atoms with E-state index < -0.39 is 0 Å². The Balaban J connectivity index is 1.87. The zero-order valence-corrected chi connectivity index (χ0v) is 15.4. The number of hydrogen-bond donors (Lipinski definition) is 2. The molecule has 0 spiro atoms. The largest absolute Gasteiger partial charge is 0.352 e. The third-order valence-electron chi connectivity index (χ3n) is 4.18. The molecule has 2 N–H and O–H groups in total. The Morgan fingerprint density at radius 3 is 2.70 bits per heavy atom. The Hall–Kier alpha value is -1.62. The minimum absolute atomic E-state index is 0.367. The summed E-state index contributed by atoms with van der Waals surface area (Å²) in [4.78, 5) is 9.34. The summed E-state index contributed by atoms with van der Waals surface area (Å²) in [7, 11) is 0. The predicted molar refractivity (Wildman–Crippen MR) is 99.5 cm³/mol. The van der Waals surface area contributed by atoms with Gasteiger partial charge in [-0.05, 0) is 56.9 Å². The second kappa shape index (κ2) is 6.87. The van der Waals surface area contributed by atoms with Crippen molar-refractivity contribution in [1.82, 2.24) is 9.97 Å².